The van der Waals surface area contributed by atoms with Crippen molar-refractivity contribution in [2.75, 3.05) is 19.7 Å². The number of ether oxygens (including phenoxy) is 1. The van der Waals surface area contributed by atoms with E-state index in [2.05, 4.69) is 0 Å². The van der Waals surface area contributed by atoms with Crippen molar-refractivity contribution in [2.24, 2.45) is 0 Å². The zero-order chi connectivity index (χ0) is 20.8. The van der Waals surface area contributed by atoms with Crippen LogP contribution in [0.4, 0.5) is 8.78 Å². The Morgan fingerprint density at radius 2 is 1.86 bits per heavy atom. The zero-order valence-corrected chi connectivity index (χ0v) is 17.6. The lowest BCUT2D eigenvalue weighted by Gasteiger charge is -2.51. The van der Waals surface area contributed by atoms with Crippen LogP contribution < -0.4 is 4.74 Å². The molecule has 0 aliphatic carbocycles. The molecule has 4 rings (SSSR count). The Balaban J connectivity index is 2.01. The van der Waals surface area contributed by atoms with Crippen LogP contribution >= 0.6 is 11.6 Å². The first-order valence-corrected chi connectivity index (χ1v) is 11.5. The maximum Gasteiger partial charge on any atom is 0.190 e. The highest BCUT2D eigenvalue weighted by molar-refractivity contribution is 7.92. The monoisotopic (exact) mass is 441 g/mol. The molecule has 2 aromatic rings. The van der Waals surface area contributed by atoms with E-state index in [9.17, 15) is 12.8 Å². The molecule has 2 heterocycles. The Hall–Kier alpha value is -1.70. The van der Waals surface area contributed by atoms with E-state index in [1.807, 2.05) is 11.8 Å². The van der Waals surface area contributed by atoms with Crippen LogP contribution in [0, 0.1) is 11.6 Å². The number of halogens is 3. The van der Waals surface area contributed by atoms with Crippen LogP contribution in [-0.2, 0) is 14.6 Å². The summed E-state index contributed by atoms with van der Waals surface area (Å²) in [7, 11) is -4.09. The molecule has 2 aliphatic heterocycles. The van der Waals surface area contributed by atoms with Crippen molar-refractivity contribution in [3.05, 3.63) is 58.6 Å². The van der Waals surface area contributed by atoms with Gasteiger partial charge in [0.15, 0.2) is 21.4 Å². The number of hydrogen-bond donors (Lipinski definition) is 0. The van der Waals surface area contributed by atoms with Gasteiger partial charge >= 0.3 is 0 Å². The molecule has 0 unspecified atom stereocenters. The van der Waals surface area contributed by atoms with E-state index < -0.39 is 32.3 Å². The Labute approximate surface area is 174 Å². The predicted octanol–water partition coefficient (Wildman–Crippen LogP) is 4.55. The summed E-state index contributed by atoms with van der Waals surface area (Å²) in [6, 6.07) is 7.19. The fourth-order valence-electron chi connectivity index (χ4n) is 4.75. The van der Waals surface area contributed by atoms with Crippen molar-refractivity contribution >= 4 is 21.4 Å². The third-order valence-electron chi connectivity index (χ3n) is 5.95. The van der Waals surface area contributed by atoms with Gasteiger partial charge in [0.2, 0.25) is 0 Å². The molecular formula is C21H22ClF2NO3S. The number of likely N-dealkylation sites (tertiary alicyclic amines) is 1. The van der Waals surface area contributed by atoms with Crippen molar-refractivity contribution in [1.82, 2.24) is 4.90 Å². The van der Waals surface area contributed by atoms with Gasteiger partial charge in [-0.15, -0.1) is 0 Å². The number of benzene rings is 2. The highest BCUT2D eigenvalue weighted by Gasteiger charge is 2.60. The molecule has 1 fully saturated rings. The molecule has 2 aliphatic rings. The summed E-state index contributed by atoms with van der Waals surface area (Å²) in [5, 5.41) is 0.402. The molecule has 0 radical (unpaired) electrons. The Morgan fingerprint density at radius 3 is 2.55 bits per heavy atom. The van der Waals surface area contributed by atoms with Gasteiger partial charge in [-0.3, -0.25) is 4.90 Å². The Bertz CT molecular complexity index is 1030. The van der Waals surface area contributed by atoms with E-state index in [1.165, 1.54) is 24.3 Å². The minimum atomic E-state index is -4.09. The highest BCUT2D eigenvalue weighted by atomic mass is 35.5. The smallest absolute Gasteiger partial charge is 0.190 e. The number of hydrogen-bond acceptors (Lipinski definition) is 4. The minimum Gasteiger partial charge on any atom is -0.488 e. The lowest BCUT2D eigenvalue weighted by Crippen LogP contribution is -2.63. The van der Waals surface area contributed by atoms with Crippen LogP contribution in [0.2, 0.25) is 5.02 Å². The predicted molar refractivity (Wildman–Crippen MR) is 107 cm³/mol. The second-order valence-corrected chi connectivity index (χ2v) is 10.2. The van der Waals surface area contributed by atoms with Crippen molar-refractivity contribution in [3.8, 4) is 5.75 Å². The molecule has 8 heteroatoms. The first-order chi connectivity index (χ1) is 13.8. The van der Waals surface area contributed by atoms with Gasteiger partial charge in [0.05, 0.1) is 16.5 Å². The summed E-state index contributed by atoms with van der Waals surface area (Å²) in [6.07, 6.45) is 1.56. The molecule has 4 nitrogen and oxygen atoms in total. The number of piperidine rings is 1. The topological polar surface area (TPSA) is 46.6 Å². The van der Waals surface area contributed by atoms with Gasteiger partial charge in [-0.05, 0) is 68.8 Å². The van der Waals surface area contributed by atoms with Gasteiger partial charge in [0.1, 0.15) is 17.2 Å². The summed E-state index contributed by atoms with van der Waals surface area (Å²) in [5.41, 5.74) is -0.190. The normalized spacial score (nSPS) is 24.5. The van der Waals surface area contributed by atoms with Gasteiger partial charge in [-0.1, -0.05) is 18.5 Å². The molecule has 0 aromatic heterocycles. The van der Waals surface area contributed by atoms with E-state index >= 15 is 4.39 Å². The lowest BCUT2D eigenvalue weighted by atomic mass is 9.80. The molecule has 0 bridgehead atoms. The maximum absolute atomic E-state index is 15.1. The van der Waals surface area contributed by atoms with Crippen LogP contribution in [0.1, 0.15) is 31.7 Å². The molecule has 0 saturated carbocycles. The summed E-state index contributed by atoms with van der Waals surface area (Å²) in [4.78, 5) is 2.08. The summed E-state index contributed by atoms with van der Waals surface area (Å²) in [6.45, 7) is 3.33. The second-order valence-electron chi connectivity index (χ2n) is 7.55. The van der Waals surface area contributed by atoms with Crippen molar-refractivity contribution < 1.29 is 21.9 Å². The largest absolute Gasteiger partial charge is 0.488 e. The molecule has 156 valence electrons. The Morgan fingerprint density at radius 1 is 1.17 bits per heavy atom. The molecule has 2 atom stereocenters. The molecule has 1 saturated heterocycles. The third kappa shape index (κ3) is 3.05. The van der Waals surface area contributed by atoms with E-state index in [1.54, 1.807) is 0 Å². The summed E-state index contributed by atoms with van der Waals surface area (Å²) < 4.78 is 61.7. The number of sulfone groups is 1. The van der Waals surface area contributed by atoms with Crippen LogP contribution in [0.15, 0.2) is 41.3 Å². The summed E-state index contributed by atoms with van der Waals surface area (Å²) >= 11 is 5.94. The van der Waals surface area contributed by atoms with Gasteiger partial charge in [0, 0.05) is 5.02 Å². The highest BCUT2D eigenvalue weighted by Crippen LogP contribution is 2.53. The minimum absolute atomic E-state index is 0.0137. The average molecular weight is 442 g/mol. The third-order valence-corrected chi connectivity index (χ3v) is 8.74. The second kappa shape index (κ2) is 7.52. The van der Waals surface area contributed by atoms with E-state index in [4.69, 9.17) is 16.3 Å². The van der Waals surface area contributed by atoms with E-state index in [-0.39, 0.29) is 29.2 Å². The van der Waals surface area contributed by atoms with Crippen molar-refractivity contribution in [3.63, 3.8) is 0 Å². The van der Waals surface area contributed by atoms with Crippen LogP contribution in [0.5, 0.6) is 5.75 Å². The first kappa shape index (κ1) is 20.6. The maximum atomic E-state index is 15.1. The van der Waals surface area contributed by atoms with E-state index in [0.717, 1.165) is 18.6 Å². The molecular weight excluding hydrogens is 420 g/mol. The molecule has 0 amide bonds. The van der Waals surface area contributed by atoms with E-state index in [0.29, 0.717) is 24.5 Å². The fourth-order valence-corrected chi connectivity index (χ4v) is 7.24. The quantitative estimate of drug-likeness (QED) is 0.698. The first-order valence-electron chi connectivity index (χ1n) is 9.68. The molecule has 0 N–H and O–H groups in total. The van der Waals surface area contributed by atoms with Crippen LogP contribution in [0.25, 0.3) is 0 Å². The van der Waals surface area contributed by atoms with Crippen molar-refractivity contribution in [1.29, 1.82) is 0 Å². The number of nitrogens with zero attached hydrogens (tertiary/aromatic N) is 1. The Kier molecular flexibility index (Phi) is 5.34. The zero-order valence-electron chi connectivity index (χ0n) is 16.0. The fraction of sp³-hybridized carbons (Fsp3) is 0.429. The molecule has 0 spiro atoms. The standard InChI is InChI=1S/C21H22ClF2NO3S/c1-2-11-25-12-3-10-21(29(26,27)15-6-4-14(22)5-7-15)18(25)13-28-20-17(24)9-8-16(23)19(20)21/h4-9,18H,2-3,10-13H2,1H3/t18-,21+/m0/s1. The van der Waals surface area contributed by atoms with Crippen LogP contribution in [0.3, 0.4) is 0 Å². The van der Waals surface area contributed by atoms with Gasteiger partial charge < -0.3 is 4.74 Å². The van der Waals surface area contributed by atoms with Crippen molar-refractivity contribution in [2.45, 2.75) is 41.9 Å². The van der Waals surface area contributed by atoms with Gasteiger partial charge in [0.25, 0.3) is 0 Å². The number of fused-ring (bicyclic) bond motifs is 3. The van der Waals surface area contributed by atoms with Gasteiger partial charge in [-0.25, -0.2) is 17.2 Å². The van der Waals surface area contributed by atoms with Gasteiger partial charge in [-0.2, -0.15) is 0 Å². The average Bonchev–Trinajstić information content (AvgIpc) is 2.71. The van der Waals surface area contributed by atoms with Crippen LogP contribution in [-0.4, -0.2) is 39.1 Å². The lowest BCUT2D eigenvalue weighted by molar-refractivity contribution is 0.0441. The molecule has 29 heavy (non-hydrogen) atoms. The summed E-state index contributed by atoms with van der Waals surface area (Å²) in [5.74, 6) is -1.81. The molecule has 2 aromatic carbocycles. The SMILES string of the molecule is CCCN1CCC[C@]2(S(=O)(=O)c3ccc(Cl)cc3)c3c(F)ccc(F)c3OC[C@H]12. The number of rotatable bonds is 4.